The van der Waals surface area contributed by atoms with Crippen molar-refractivity contribution in [1.29, 1.82) is 0 Å². The summed E-state index contributed by atoms with van der Waals surface area (Å²) < 4.78 is 17.3. The molecule has 1 aromatic heterocycles. The second-order valence-electron chi connectivity index (χ2n) is 3.86. The lowest BCUT2D eigenvalue weighted by Gasteiger charge is -2.11. The lowest BCUT2D eigenvalue weighted by atomic mass is 10.3. The van der Waals surface area contributed by atoms with Crippen LogP contribution in [-0.4, -0.2) is 33.3 Å². The third kappa shape index (κ3) is 1.82. The van der Waals surface area contributed by atoms with Gasteiger partial charge in [0.2, 0.25) is 0 Å². The molecule has 0 unspecified atom stereocenters. The quantitative estimate of drug-likeness (QED) is 0.801. The largest absolute Gasteiger partial charge is 0.497 e. The molecule has 1 heterocycles. The van der Waals surface area contributed by atoms with Crippen LogP contribution in [0.15, 0.2) is 23.4 Å². The highest BCUT2D eigenvalue weighted by Crippen LogP contribution is 2.22. The van der Waals surface area contributed by atoms with E-state index in [0.29, 0.717) is 10.9 Å². The molecular weight excluding hydrogens is 224 g/mol. The van der Waals surface area contributed by atoms with Gasteiger partial charge < -0.3 is 9.72 Å². The van der Waals surface area contributed by atoms with Gasteiger partial charge in [-0.3, -0.25) is 4.21 Å². The number of aromatic nitrogens is 2. The van der Waals surface area contributed by atoms with Crippen LogP contribution in [0.3, 0.4) is 0 Å². The van der Waals surface area contributed by atoms with Crippen molar-refractivity contribution >= 4 is 21.0 Å². The number of nitrogens with zero attached hydrogens (tertiary/aromatic N) is 1. The Kier molecular flexibility index (Phi) is 2.71. The van der Waals surface area contributed by atoms with E-state index < -0.39 is 9.93 Å². The highest BCUT2D eigenvalue weighted by atomic mass is 32.2. The zero-order valence-electron chi connectivity index (χ0n) is 9.65. The van der Waals surface area contributed by atoms with Gasteiger partial charge in [-0.2, -0.15) is 0 Å². The Balaban J connectivity index is 2.56. The molecule has 0 bridgehead atoms. The van der Waals surface area contributed by atoms with Gasteiger partial charge in [-0.15, -0.1) is 0 Å². The van der Waals surface area contributed by atoms with E-state index >= 15 is 0 Å². The van der Waals surface area contributed by atoms with Crippen molar-refractivity contribution in [3.63, 3.8) is 0 Å². The molecule has 4 nitrogen and oxygen atoms in total. The average Bonchev–Trinajstić information content (AvgIpc) is 2.72. The SMILES string of the molecule is CC[SH](C)(=O)c1nc2cc(OC)ccc2[nH]1. The lowest BCUT2D eigenvalue weighted by molar-refractivity contribution is 0.415. The molecule has 0 spiro atoms. The fraction of sp³-hybridized carbons (Fsp3) is 0.364. The zero-order valence-corrected chi connectivity index (χ0v) is 10.5. The molecule has 0 aliphatic carbocycles. The van der Waals surface area contributed by atoms with Crippen LogP contribution in [0.2, 0.25) is 0 Å². The van der Waals surface area contributed by atoms with E-state index in [2.05, 4.69) is 9.97 Å². The smallest absolute Gasteiger partial charge is 0.173 e. The molecule has 0 atom stereocenters. The van der Waals surface area contributed by atoms with Crippen LogP contribution >= 0.6 is 0 Å². The third-order valence-corrected chi connectivity index (χ3v) is 5.04. The molecule has 0 aliphatic heterocycles. The first-order valence-corrected chi connectivity index (χ1v) is 7.51. The minimum Gasteiger partial charge on any atom is -0.497 e. The highest BCUT2D eigenvalue weighted by molar-refractivity contribution is 8.02. The summed E-state index contributed by atoms with van der Waals surface area (Å²) in [5.74, 6) is 1.37. The van der Waals surface area contributed by atoms with Crippen molar-refractivity contribution in [1.82, 2.24) is 9.97 Å². The van der Waals surface area contributed by atoms with Crippen LogP contribution in [-0.2, 0) is 9.93 Å². The summed E-state index contributed by atoms with van der Waals surface area (Å²) in [6, 6.07) is 5.59. The fourth-order valence-corrected chi connectivity index (χ4v) is 2.45. The second-order valence-corrected chi connectivity index (χ2v) is 7.12. The number of ether oxygens (including phenoxy) is 1. The van der Waals surface area contributed by atoms with Crippen LogP contribution in [0.5, 0.6) is 5.75 Å². The number of benzene rings is 1. The molecule has 0 fully saturated rings. The Morgan fingerprint density at radius 1 is 1.50 bits per heavy atom. The number of H-pyrrole nitrogens is 1. The summed E-state index contributed by atoms with van der Waals surface area (Å²) in [4.78, 5) is 7.47. The lowest BCUT2D eigenvalue weighted by Crippen LogP contribution is -2.14. The molecule has 0 saturated carbocycles. The molecule has 1 N–H and O–H groups in total. The number of methoxy groups -OCH3 is 1. The number of aromatic amines is 1. The molecule has 2 aromatic rings. The Morgan fingerprint density at radius 3 is 2.88 bits per heavy atom. The molecule has 0 amide bonds. The van der Waals surface area contributed by atoms with Crippen molar-refractivity contribution in [2.45, 2.75) is 12.1 Å². The standard InChI is InChI=1S/C11H16N2O2S/c1-4-16(3,14)11-12-9-6-5-8(15-2)7-10(9)13-11/h5-7,16H,4H2,1-3H3,(H,12,13). The first-order valence-electron chi connectivity index (χ1n) is 5.17. The van der Waals surface area contributed by atoms with E-state index in [9.17, 15) is 4.21 Å². The zero-order chi connectivity index (χ0) is 11.8. The molecular formula is C11H16N2O2S. The summed E-state index contributed by atoms with van der Waals surface area (Å²) in [6.45, 7) is 1.91. The number of rotatable bonds is 3. The minimum absolute atomic E-state index is 0.596. The molecule has 1 aromatic carbocycles. The van der Waals surface area contributed by atoms with Crippen molar-refractivity contribution in [2.24, 2.45) is 0 Å². The van der Waals surface area contributed by atoms with E-state index in [4.69, 9.17) is 4.74 Å². The molecule has 0 aliphatic rings. The van der Waals surface area contributed by atoms with Gasteiger partial charge in [0, 0.05) is 11.8 Å². The van der Waals surface area contributed by atoms with Gasteiger partial charge >= 0.3 is 0 Å². The van der Waals surface area contributed by atoms with E-state index in [-0.39, 0.29) is 0 Å². The Hall–Kier alpha value is -1.36. The number of hydrogen-bond acceptors (Lipinski definition) is 3. The maximum atomic E-state index is 12.2. The molecule has 0 saturated heterocycles. The summed E-state index contributed by atoms with van der Waals surface area (Å²) in [7, 11) is -0.713. The van der Waals surface area contributed by atoms with Crippen LogP contribution in [0.4, 0.5) is 0 Å². The normalized spacial score (nSPS) is 12.9. The maximum Gasteiger partial charge on any atom is 0.173 e. The predicted octanol–water partition coefficient (Wildman–Crippen LogP) is 1.60. The van der Waals surface area contributed by atoms with Crippen molar-refractivity contribution in [3.8, 4) is 5.75 Å². The number of fused-ring (bicyclic) bond motifs is 1. The summed E-state index contributed by atoms with van der Waals surface area (Å²) >= 11 is 0. The molecule has 88 valence electrons. The van der Waals surface area contributed by atoms with Gasteiger partial charge in [0.15, 0.2) is 5.16 Å². The average molecular weight is 240 g/mol. The topological polar surface area (TPSA) is 55.0 Å². The first-order chi connectivity index (χ1) is 7.56. The molecule has 0 radical (unpaired) electrons. The van der Waals surface area contributed by atoms with Gasteiger partial charge in [0.1, 0.15) is 5.75 Å². The number of nitrogens with one attached hydrogen (secondary N) is 1. The highest BCUT2D eigenvalue weighted by Gasteiger charge is 2.14. The van der Waals surface area contributed by atoms with E-state index in [1.807, 2.05) is 25.1 Å². The van der Waals surface area contributed by atoms with Gasteiger partial charge in [0.25, 0.3) is 0 Å². The third-order valence-electron chi connectivity index (χ3n) is 2.73. The van der Waals surface area contributed by atoms with E-state index in [1.165, 1.54) is 0 Å². The Bertz CT molecular complexity index is 562. The van der Waals surface area contributed by atoms with Gasteiger partial charge in [-0.1, -0.05) is 16.9 Å². The predicted molar refractivity (Wildman–Crippen MR) is 66.9 cm³/mol. The monoisotopic (exact) mass is 240 g/mol. The van der Waals surface area contributed by atoms with Gasteiger partial charge in [-0.25, -0.2) is 4.98 Å². The summed E-state index contributed by atoms with van der Waals surface area (Å²) in [5.41, 5.74) is 1.69. The Labute approximate surface area is 95.5 Å². The number of hydrogen-bond donors (Lipinski definition) is 2. The van der Waals surface area contributed by atoms with Crippen molar-refractivity contribution in [2.75, 3.05) is 19.1 Å². The van der Waals surface area contributed by atoms with Crippen LogP contribution in [0.1, 0.15) is 6.92 Å². The van der Waals surface area contributed by atoms with Crippen molar-refractivity contribution < 1.29 is 8.95 Å². The fourth-order valence-electron chi connectivity index (χ4n) is 1.47. The van der Waals surface area contributed by atoms with Crippen molar-refractivity contribution in [3.05, 3.63) is 18.2 Å². The van der Waals surface area contributed by atoms with Crippen LogP contribution < -0.4 is 4.74 Å². The maximum absolute atomic E-state index is 12.2. The second kappa shape index (κ2) is 3.90. The van der Waals surface area contributed by atoms with Gasteiger partial charge in [0.05, 0.1) is 18.1 Å². The van der Waals surface area contributed by atoms with Crippen LogP contribution in [0, 0.1) is 0 Å². The molecule has 16 heavy (non-hydrogen) atoms. The first kappa shape index (κ1) is 11.1. The number of imidazole rings is 1. The Morgan fingerprint density at radius 2 is 2.25 bits per heavy atom. The summed E-state index contributed by atoms with van der Waals surface area (Å²) in [5, 5.41) is 0.596. The summed E-state index contributed by atoms with van der Waals surface area (Å²) in [6.07, 6.45) is 1.75. The minimum atomic E-state index is -2.33. The van der Waals surface area contributed by atoms with E-state index in [0.717, 1.165) is 16.8 Å². The van der Waals surface area contributed by atoms with Gasteiger partial charge in [-0.05, 0) is 18.4 Å². The van der Waals surface area contributed by atoms with E-state index in [1.54, 1.807) is 13.4 Å². The number of thiol groups is 1. The van der Waals surface area contributed by atoms with Crippen LogP contribution in [0.25, 0.3) is 11.0 Å². The molecule has 2 rings (SSSR count). The molecule has 5 heteroatoms.